The number of nitrogens with zero attached hydrogens (tertiary/aromatic N) is 4. The van der Waals surface area contributed by atoms with Gasteiger partial charge in [-0.1, -0.05) is 29.5 Å². The molecule has 2 heterocycles. The van der Waals surface area contributed by atoms with Crippen LogP contribution in [0.25, 0.3) is 4.96 Å². The molecule has 8 heteroatoms. The largest absolute Gasteiger partial charge is 0.497 e. The van der Waals surface area contributed by atoms with E-state index in [1.165, 1.54) is 16.2 Å². The summed E-state index contributed by atoms with van der Waals surface area (Å²) < 4.78 is 12.7. The molecule has 0 saturated heterocycles. The third-order valence-electron chi connectivity index (χ3n) is 3.63. The van der Waals surface area contributed by atoms with Gasteiger partial charge in [-0.15, -0.1) is 22.0 Å². The lowest BCUT2D eigenvalue weighted by atomic mass is 10.3. The van der Waals surface area contributed by atoms with Crippen LogP contribution in [-0.4, -0.2) is 26.9 Å². The van der Waals surface area contributed by atoms with Crippen LogP contribution in [0, 0.1) is 0 Å². The molecule has 0 fully saturated rings. The van der Waals surface area contributed by atoms with Crippen molar-refractivity contribution in [3.05, 3.63) is 65.4 Å². The molecule has 4 aromatic rings. The predicted molar refractivity (Wildman–Crippen MR) is 102 cm³/mol. The van der Waals surface area contributed by atoms with Crippen molar-refractivity contribution < 1.29 is 9.47 Å². The van der Waals surface area contributed by atoms with Gasteiger partial charge in [0.25, 0.3) is 0 Å². The average Bonchev–Trinajstić information content (AvgIpc) is 3.26. The summed E-state index contributed by atoms with van der Waals surface area (Å²) >= 11 is 3.20. The van der Waals surface area contributed by atoms with E-state index in [-0.39, 0.29) is 0 Å². The summed E-state index contributed by atoms with van der Waals surface area (Å²) in [6, 6.07) is 17.7. The second-order valence-corrected chi connectivity index (χ2v) is 7.46. The molecule has 0 aliphatic rings. The lowest BCUT2D eigenvalue weighted by Crippen LogP contribution is -1.98. The van der Waals surface area contributed by atoms with Crippen molar-refractivity contribution in [2.45, 2.75) is 17.3 Å². The van der Waals surface area contributed by atoms with Crippen molar-refractivity contribution in [1.82, 2.24) is 19.8 Å². The summed E-state index contributed by atoms with van der Waals surface area (Å²) in [7, 11) is 1.64. The normalized spacial score (nSPS) is 11.0. The summed E-state index contributed by atoms with van der Waals surface area (Å²) in [6.45, 7) is 0.394. The van der Waals surface area contributed by atoms with E-state index in [2.05, 4.69) is 27.4 Å². The number of aromatic nitrogens is 4. The molecule has 2 aromatic heterocycles. The fraction of sp³-hybridized carbons (Fsp3) is 0.167. The number of benzene rings is 2. The fourth-order valence-corrected chi connectivity index (χ4v) is 3.92. The first kappa shape index (κ1) is 16.9. The quantitative estimate of drug-likeness (QED) is 0.448. The first-order valence-corrected chi connectivity index (χ1v) is 9.77. The summed E-state index contributed by atoms with van der Waals surface area (Å²) in [4.78, 5) is 1.98. The van der Waals surface area contributed by atoms with Gasteiger partial charge in [0.15, 0.2) is 10.8 Å². The Morgan fingerprint density at radius 3 is 2.54 bits per heavy atom. The molecule has 0 bridgehead atoms. The Morgan fingerprint density at radius 2 is 1.77 bits per heavy atom. The van der Waals surface area contributed by atoms with Crippen molar-refractivity contribution in [3.63, 3.8) is 0 Å². The summed E-state index contributed by atoms with van der Waals surface area (Å²) in [5.41, 5.74) is 0. The van der Waals surface area contributed by atoms with E-state index in [0.29, 0.717) is 12.4 Å². The topological polar surface area (TPSA) is 61.5 Å². The van der Waals surface area contributed by atoms with E-state index in [0.717, 1.165) is 27.3 Å². The molecule has 26 heavy (non-hydrogen) atoms. The minimum Gasteiger partial charge on any atom is -0.497 e. The number of thioether (sulfide) groups is 1. The summed E-state index contributed by atoms with van der Waals surface area (Å²) in [5, 5.41) is 13.9. The highest BCUT2D eigenvalue weighted by Crippen LogP contribution is 2.24. The van der Waals surface area contributed by atoms with Gasteiger partial charge in [0.05, 0.1) is 12.9 Å². The minimum absolute atomic E-state index is 0.394. The standard InChI is InChI=1S/C18H16N4O2S2/c1-23-13-7-9-14(10-8-13)24-11-17-21-22-16(19-20-18(22)26-17)12-25-15-5-3-2-4-6-15/h2-10H,11-12H2,1H3. The number of fused-ring (bicyclic) bond motifs is 1. The van der Waals surface area contributed by atoms with Gasteiger partial charge < -0.3 is 9.47 Å². The number of hydrogen-bond acceptors (Lipinski definition) is 7. The number of ether oxygens (including phenoxy) is 2. The van der Waals surface area contributed by atoms with Crippen LogP contribution in [0.1, 0.15) is 10.8 Å². The van der Waals surface area contributed by atoms with Gasteiger partial charge in [-0.3, -0.25) is 0 Å². The number of methoxy groups -OCH3 is 1. The van der Waals surface area contributed by atoms with Crippen molar-refractivity contribution in [2.75, 3.05) is 7.11 Å². The average molecular weight is 384 g/mol. The smallest absolute Gasteiger partial charge is 0.234 e. The molecule has 0 N–H and O–H groups in total. The fourth-order valence-electron chi connectivity index (χ4n) is 2.33. The lowest BCUT2D eigenvalue weighted by Gasteiger charge is -2.04. The van der Waals surface area contributed by atoms with E-state index in [1.807, 2.05) is 42.5 Å². The van der Waals surface area contributed by atoms with E-state index < -0.39 is 0 Å². The highest BCUT2D eigenvalue weighted by Gasteiger charge is 2.12. The van der Waals surface area contributed by atoms with E-state index in [9.17, 15) is 0 Å². The molecule has 0 aliphatic carbocycles. The predicted octanol–water partition coefficient (Wildman–Crippen LogP) is 4.07. The molecule has 2 aromatic carbocycles. The molecule has 0 radical (unpaired) electrons. The molecule has 0 spiro atoms. The molecule has 6 nitrogen and oxygen atoms in total. The molecule has 0 saturated carbocycles. The first-order valence-electron chi connectivity index (χ1n) is 7.96. The molecule has 4 rings (SSSR count). The number of rotatable bonds is 7. The van der Waals surface area contributed by atoms with Crippen molar-refractivity contribution in [3.8, 4) is 11.5 Å². The Bertz CT molecular complexity index is 984. The van der Waals surface area contributed by atoms with Crippen molar-refractivity contribution in [1.29, 1.82) is 0 Å². The Morgan fingerprint density at radius 1 is 1.00 bits per heavy atom. The van der Waals surface area contributed by atoms with Crippen LogP contribution < -0.4 is 9.47 Å². The maximum absolute atomic E-state index is 5.79. The van der Waals surface area contributed by atoms with E-state index >= 15 is 0 Å². The van der Waals surface area contributed by atoms with Gasteiger partial charge in [-0.25, -0.2) is 0 Å². The third-order valence-corrected chi connectivity index (χ3v) is 5.51. The van der Waals surface area contributed by atoms with E-state index in [4.69, 9.17) is 9.47 Å². The molecule has 132 valence electrons. The Balaban J connectivity index is 1.41. The third kappa shape index (κ3) is 3.81. The van der Waals surface area contributed by atoms with Gasteiger partial charge in [-0.2, -0.15) is 9.61 Å². The Labute approximate surface area is 158 Å². The van der Waals surface area contributed by atoms with E-state index in [1.54, 1.807) is 23.4 Å². The zero-order valence-corrected chi connectivity index (χ0v) is 15.7. The molecule has 0 amide bonds. The van der Waals surface area contributed by atoms with Gasteiger partial charge in [-0.05, 0) is 36.4 Å². The monoisotopic (exact) mass is 384 g/mol. The van der Waals surface area contributed by atoms with Crippen LogP contribution in [0.3, 0.4) is 0 Å². The molecular formula is C18H16N4O2S2. The Kier molecular flexibility index (Phi) is 5.03. The molecule has 0 aliphatic heterocycles. The molecule has 0 unspecified atom stereocenters. The van der Waals surface area contributed by atoms with Gasteiger partial charge in [0.1, 0.15) is 18.1 Å². The van der Waals surface area contributed by atoms with Crippen LogP contribution in [0.2, 0.25) is 0 Å². The first-order chi connectivity index (χ1) is 12.8. The molecule has 0 atom stereocenters. The summed E-state index contributed by atoms with van der Waals surface area (Å²) in [5.74, 6) is 3.13. The maximum Gasteiger partial charge on any atom is 0.234 e. The maximum atomic E-state index is 5.79. The minimum atomic E-state index is 0.394. The van der Waals surface area contributed by atoms with Crippen molar-refractivity contribution >= 4 is 28.1 Å². The van der Waals surface area contributed by atoms with Gasteiger partial charge in [0, 0.05) is 4.90 Å². The zero-order valence-electron chi connectivity index (χ0n) is 14.0. The van der Waals surface area contributed by atoms with Crippen LogP contribution >= 0.6 is 23.1 Å². The SMILES string of the molecule is COc1ccc(OCc2nn3c(CSc4ccccc4)nnc3s2)cc1. The van der Waals surface area contributed by atoms with Crippen LogP contribution in [0.15, 0.2) is 59.5 Å². The zero-order chi connectivity index (χ0) is 17.8. The van der Waals surface area contributed by atoms with Gasteiger partial charge >= 0.3 is 0 Å². The lowest BCUT2D eigenvalue weighted by molar-refractivity contribution is 0.303. The second kappa shape index (κ2) is 7.76. The Hall–Kier alpha value is -2.58. The highest BCUT2D eigenvalue weighted by molar-refractivity contribution is 7.98. The van der Waals surface area contributed by atoms with Crippen LogP contribution in [0.4, 0.5) is 0 Å². The second-order valence-electron chi connectivity index (χ2n) is 5.37. The van der Waals surface area contributed by atoms with Crippen LogP contribution in [-0.2, 0) is 12.4 Å². The van der Waals surface area contributed by atoms with Gasteiger partial charge in [0.2, 0.25) is 4.96 Å². The number of hydrogen-bond donors (Lipinski definition) is 0. The summed E-state index contributed by atoms with van der Waals surface area (Å²) in [6.07, 6.45) is 0. The molecular weight excluding hydrogens is 368 g/mol. The van der Waals surface area contributed by atoms with Crippen molar-refractivity contribution in [2.24, 2.45) is 0 Å². The van der Waals surface area contributed by atoms with Crippen LogP contribution in [0.5, 0.6) is 11.5 Å². The highest BCUT2D eigenvalue weighted by atomic mass is 32.2.